The normalized spacial score (nSPS) is 10.4. The summed E-state index contributed by atoms with van der Waals surface area (Å²) in [5.74, 6) is -1.05. The SMILES string of the molecule is CCCOC(=O)CC(=O)C=Cc1ccccc1[N+](=O)[O-]. The minimum atomic E-state index is -0.593. The maximum Gasteiger partial charge on any atom is 0.313 e. The van der Waals surface area contributed by atoms with E-state index in [1.54, 1.807) is 12.1 Å². The summed E-state index contributed by atoms with van der Waals surface area (Å²) in [4.78, 5) is 33.0. The van der Waals surface area contributed by atoms with Gasteiger partial charge in [0.15, 0.2) is 5.78 Å². The Morgan fingerprint density at radius 3 is 2.70 bits per heavy atom. The molecule has 0 saturated heterocycles. The molecule has 0 atom stereocenters. The molecular formula is C14H15NO5. The van der Waals surface area contributed by atoms with Crippen LogP contribution in [0, 0.1) is 10.1 Å². The van der Waals surface area contributed by atoms with Crippen LogP contribution in [-0.4, -0.2) is 23.3 Å². The summed E-state index contributed by atoms with van der Waals surface area (Å²) >= 11 is 0. The largest absolute Gasteiger partial charge is 0.465 e. The van der Waals surface area contributed by atoms with E-state index >= 15 is 0 Å². The van der Waals surface area contributed by atoms with Gasteiger partial charge in [0, 0.05) is 6.07 Å². The van der Waals surface area contributed by atoms with Crippen molar-refractivity contribution in [3.63, 3.8) is 0 Å². The predicted octanol–water partition coefficient (Wildman–Crippen LogP) is 2.52. The van der Waals surface area contributed by atoms with Crippen LogP contribution in [0.25, 0.3) is 6.08 Å². The molecule has 0 spiro atoms. The summed E-state index contributed by atoms with van der Waals surface area (Å²) in [6, 6.07) is 6.04. The van der Waals surface area contributed by atoms with E-state index in [1.807, 2.05) is 6.92 Å². The number of ketones is 1. The van der Waals surface area contributed by atoms with Crippen molar-refractivity contribution in [2.45, 2.75) is 19.8 Å². The zero-order valence-electron chi connectivity index (χ0n) is 11.1. The predicted molar refractivity (Wildman–Crippen MR) is 73.0 cm³/mol. The van der Waals surface area contributed by atoms with Crippen molar-refractivity contribution in [2.24, 2.45) is 0 Å². The number of carbonyl (C=O) groups excluding carboxylic acids is 2. The van der Waals surface area contributed by atoms with Gasteiger partial charge in [0.1, 0.15) is 6.42 Å². The molecule has 0 amide bonds. The van der Waals surface area contributed by atoms with Crippen LogP contribution < -0.4 is 0 Å². The summed E-state index contributed by atoms with van der Waals surface area (Å²) in [5, 5.41) is 10.8. The van der Waals surface area contributed by atoms with E-state index < -0.39 is 16.7 Å². The monoisotopic (exact) mass is 277 g/mol. The maximum atomic E-state index is 11.5. The van der Waals surface area contributed by atoms with E-state index in [-0.39, 0.29) is 18.7 Å². The van der Waals surface area contributed by atoms with Gasteiger partial charge < -0.3 is 4.74 Å². The number of nitro groups is 1. The molecule has 0 fully saturated rings. The fourth-order valence-corrected chi connectivity index (χ4v) is 1.45. The lowest BCUT2D eigenvalue weighted by molar-refractivity contribution is -0.385. The molecule has 0 unspecified atom stereocenters. The highest BCUT2D eigenvalue weighted by atomic mass is 16.6. The van der Waals surface area contributed by atoms with Crippen molar-refractivity contribution in [3.8, 4) is 0 Å². The molecule has 1 aromatic rings. The highest BCUT2D eigenvalue weighted by molar-refractivity contribution is 6.04. The first kappa shape index (κ1) is 15.6. The highest BCUT2D eigenvalue weighted by Gasteiger charge is 2.11. The van der Waals surface area contributed by atoms with Gasteiger partial charge in [0.05, 0.1) is 17.1 Å². The van der Waals surface area contributed by atoms with Gasteiger partial charge in [-0.05, 0) is 24.6 Å². The smallest absolute Gasteiger partial charge is 0.313 e. The minimum Gasteiger partial charge on any atom is -0.465 e. The van der Waals surface area contributed by atoms with Crippen LogP contribution in [0.2, 0.25) is 0 Å². The Morgan fingerprint density at radius 2 is 2.05 bits per heavy atom. The lowest BCUT2D eigenvalue weighted by Crippen LogP contribution is -2.10. The minimum absolute atomic E-state index is 0.0925. The standard InChI is InChI=1S/C14H15NO5/c1-2-9-20-14(17)10-12(16)8-7-11-5-3-4-6-13(11)15(18)19/h3-8H,2,9-10H2,1H3. The van der Waals surface area contributed by atoms with Crippen molar-refractivity contribution in [2.75, 3.05) is 6.61 Å². The van der Waals surface area contributed by atoms with Crippen molar-refractivity contribution in [3.05, 3.63) is 46.0 Å². The van der Waals surface area contributed by atoms with Gasteiger partial charge >= 0.3 is 5.97 Å². The third-order valence-electron chi connectivity index (χ3n) is 2.37. The van der Waals surface area contributed by atoms with Gasteiger partial charge in [-0.3, -0.25) is 19.7 Å². The Kier molecular flexibility index (Phi) is 6.09. The molecule has 0 radical (unpaired) electrons. The Balaban J connectivity index is 2.66. The quantitative estimate of drug-likeness (QED) is 0.251. The molecule has 6 heteroatoms. The number of nitrogens with zero attached hydrogens (tertiary/aromatic N) is 1. The third-order valence-corrected chi connectivity index (χ3v) is 2.37. The van der Waals surface area contributed by atoms with E-state index in [1.165, 1.54) is 18.2 Å². The molecule has 0 aliphatic carbocycles. The van der Waals surface area contributed by atoms with Gasteiger partial charge in [-0.15, -0.1) is 0 Å². The number of hydrogen-bond acceptors (Lipinski definition) is 5. The first-order valence-electron chi connectivity index (χ1n) is 6.14. The van der Waals surface area contributed by atoms with Crippen LogP contribution in [0.15, 0.2) is 30.3 Å². The lowest BCUT2D eigenvalue weighted by atomic mass is 10.1. The zero-order chi connectivity index (χ0) is 15.0. The number of nitro benzene ring substituents is 1. The van der Waals surface area contributed by atoms with Crippen LogP contribution in [0.3, 0.4) is 0 Å². The van der Waals surface area contributed by atoms with E-state index in [2.05, 4.69) is 0 Å². The van der Waals surface area contributed by atoms with Crippen LogP contribution in [0.1, 0.15) is 25.3 Å². The molecule has 106 valence electrons. The number of allylic oxidation sites excluding steroid dienone is 1. The van der Waals surface area contributed by atoms with Gasteiger partial charge in [0.25, 0.3) is 5.69 Å². The van der Waals surface area contributed by atoms with Crippen LogP contribution in [0.5, 0.6) is 0 Å². The molecule has 6 nitrogen and oxygen atoms in total. The number of carbonyl (C=O) groups is 2. The van der Waals surface area contributed by atoms with Gasteiger partial charge in [0.2, 0.25) is 0 Å². The van der Waals surface area contributed by atoms with Gasteiger partial charge in [-0.25, -0.2) is 0 Å². The first-order chi connectivity index (χ1) is 9.54. The average molecular weight is 277 g/mol. The maximum absolute atomic E-state index is 11.5. The molecule has 20 heavy (non-hydrogen) atoms. The summed E-state index contributed by atoms with van der Waals surface area (Å²) in [6.45, 7) is 2.13. The van der Waals surface area contributed by atoms with Gasteiger partial charge in [-0.1, -0.05) is 19.1 Å². The molecule has 1 rings (SSSR count). The fraction of sp³-hybridized carbons (Fsp3) is 0.286. The number of para-hydroxylation sites is 1. The van der Waals surface area contributed by atoms with E-state index in [0.29, 0.717) is 12.0 Å². The van der Waals surface area contributed by atoms with E-state index in [0.717, 1.165) is 6.08 Å². The second kappa shape index (κ2) is 7.83. The van der Waals surface area contributed by atoms with Crippen molar-refractivity contribution < 1.29 is 19.2 Å². The molecule has 0 aliphatic rings. The summed E-state index contributed by atoms with van der Waals surface area (Å²) in [5.41, 5.74) is 0.220. The van der Waals surface area contributed by atoms with E-state index in [4.69, 9.17) is 4.74 Å². The average Bonchev–Trinajstić information content (AvgIpc) is 2.43. The molecule has 0 N–H and O–H groups in total. The number of rotatable bonds is 7. The highest BCUT2D eigenvalue weighted by Crippen LogP contribution is 2.18. The van der Waals surface area contributed by atoms with E-state index in [9.17, 15) is 19.7 Å². The summed E-state index contributed by atoms with van der Waals surface area (Å²) in [6.07, 6.45) is 2.80. The lowest BCUT2D eigenvalue weighted by Gasteiger charge is -2.00. The topological polar surface area (TPSA) is 86.5 Å². The van der Waals surface area contributed by atoms with Crippen LogP contribution in [0.4, 0.5) is 5.69 Å². The number of hydrogen-bond donors (Lipinski definition) is 0. The molecule has 0 heterocycles. The molecule has 0 aliphatic heterocycles. The van der Waals surface area contributed by atoms with Crippen LogP contribution >= 0.6 is 0 Å². The van der Waals surface area contributed by atoms with Crippen molar-refractivity contribution in [1.29, 1.82) is 0 Å². The van der Waals surface area contributed by atoms with Crippen molar-refractivity contribution >= 4 is 23.5 Å². The van der Waals surface area contributed by atoms with Crippen LogP contribution in [-0.2, 0) is 14.3 Å². The second-order valence-electron chi connectivity index (χ2n) is 4.01. The number of ether oxygens (including phenoxy) is 1. The Bertz CT molecular complexity index is 536. The Morgan fingerprint density at radius 1 is 1.35 bits per heavy atom. The van der Waals surface area contributed by atoms with Crippen molar-refractivity contribution in [1.82, 2.24) is 0 Å². The molecule has 1 aromatic carbocycles. The molecule has 0 saturated carbocycles. The third kappa shape index (κ3) is 5.01. The number of esters is 1. The van der Waals surface area contributed by atoms with Gasteiger partial charge in [-0.2, -0.15) is 0 Å². The first-order valence-corrected chi connectivity index (χ1v) is 6.14. The Hall–Kier alpha value is -2.50. The number of benzene rings is 1. The summed E-state index contributed by atoms with van der Waals surface area (Å²) in [7, 11) is 0. The fourth-order valence-electron chi connectivity index (χ4n) is 1.45. The molecule has 0 bridgehead atoms. The second-order valence-corrected chi connectivity index (χ2v) is 4.01. The Labute approximate surface area is 116 Å². The molecule has 0 aromatic heterocycles. The zero-order valence-corrected chi connectivity index (χ0v) is 11.1. The summed E-state index contributed by atoms with van der Waals surface area (Å²) < 4.78 is 4.77. The molecular weight excluding hydrogens is 262 g/mol.